The van der Waals surface area contributed by atoms with E-state index >= 15 is 0 Å². The lowest BCUT2D eigenvalue weighted by molar-refractivity contribution is 0.0298. The number of imidazole rings is 2. The van der Waals surface area contributed by atoms with Gasteiger partial charge in [-0.2, -0.15) is 0 Å². The molecule has 16 heteroatoms. The van der Waals surface area contributed by atoms with Crippen LogP contribution in [0.4, 0.5) is 16.4 Å². The van der Waals surface area contributed by atoms with Crippen LogP contribution in [0.5, 0.6) is 0 Å². The summed E-state index contributed by atoms with van der Waals surface area (Å²) in [5.74, 6) is 1.34. The van der Waals surface area contributed by atoms with Crippen molar-refractivity contribution >= 4 is 56.0 Å². The Kier molecular flexibility index (Phi) is 10.6. The van der Waals surface area contributed by atoms with Crippen LogP contribution in [0.3, 0.4) is 0 Å². The highest BCUT2D eigenvalue weighted by Crippen LogP contribution is 2.18. The lowest BCUT2D eigenvalue weighted by Crippen LogP contribution is -2.35. The molecule has 39 heavy (non-hydrogen) atoms. The molecule has 0 aliphatic rings. The number of H-pyrrole nitrogens is 3. The number of ether oxygens (including phenoxy) is 1. The van der Waals surface area contributed by atoms with Crippen LogP contribution >= 0.6 is 15.9 Å². The Bertz CT molecular complexity index is 1410. The third-order valence-corrected chi connectivity index (χ3v) is 5.52. The molecule has 0 radical (unpaired) electrons. The SMILES string of the molecule is CN(CCCNc1ncnc2[nH]c(=O)[nH]c12)C(=O)OC(C)(C)C.CNCCCNc1ncnc2nc(Br)[nH]c12. The second-order valence-electron chi connectivity index (χ2n) is 9.54. The first-order valence-corrected chi connectivity index (χ1v) is 13.2. The van der Waals surface area contributed by atoms with Crippen molar-refractivity contribution in [3.05, 3.63) is 27.9 Å². The predicted octanol–water partition coefficient (Wildman–Crippen LogP) is 2.45. The maximum Gasteiger partial charge on any atom is 0.410 e. The third kappa shape index (κ3) is 9.17. The highest BCUT2D eigenvalue weighted by molar-refractivity contribution is 9.10. The van der Waals surface area contributed by atoms with E-state index in [9.17, 15) is 9.59 Å². The molecule has 0 unspecified atom stereocenters. The average molecular weight is 608 g/mol. The fraction of sp³-hybridized carbons (Fsp3) is 0.522. The summed E-state index contributed by atoms with van der Waals surface area (Å²) >= 11 is 3.28. The van der Waals surface area contributed by atoms with E-state index < -0.39 is 5.60 Å². The van der Waals surface area contributed by atoms with Crippen molar-refractivity contribution in [3.63, 3.8) is 0 Å². The van der Waals surface area contributed by atoms with E-state index in [1.807, 2.05) is 27.8 Å². The number of carbonyl (C=O) groups excluding carboxylic acids is 1. The Hall–Kier alpha value is -3.79. The number of carbonyl (C=O) groups is 1. The van der Waals surface area contributed by atoms with E-state index in [-0.39, 0.29) is 11.8 Å². The number of hydrogen-bond acceptors (Lipinski definition) is 11. The number of aromatic nitrogens is 8. The number of rotatable bonds is 10. The molecule has 0 aliphatic heterocycles. The number of amides is 1. The number of halogens is 1. The van der Waals surface area contributed by atoms with Crippen molar-refractivity contribution in [1.29, 1.82) is 0 Å². The topological polar surface area (TPSA) is 195 Å². The van der Waals surface area contributed by atoms with Crippen molar-refractivity contribution < 1.29 is 9.53 Å². The molecule has 1 amide bonds. The van der Waals surface area contributed by atoms with Crippen LogP contribution < -0.4 is 21.6 Å². The van der Waals surface area contributed by atoms with Gasteiger partial charge in [0.15, 0.2) is 27.7 Å². The summed E-state index contributed by atoms with van der Waals surface area (Å²) in [5, 5.41) is 9.47. The highest BCUT2D eigenvalue weighted by Gasteiger charge is 2.19. The summed E-state index contributed by atoms with van der Waals surface area (Å²) in [7, 11) is 3.63. The van der Waals surface area contributed by atoms with Crippen LogP contribution in [-0.4, -0.2) is 96.7 Å². The zero-order valence-electron chi connectivity index (χ0n) is 22.7. The van der Waals surface area contributed by atoms with Gasteiger partial charge in [-0.15, -0.1) is 0 Å². The molecular weight excluding hydrogens is 572 g/mol. The van der Waals surface area contributed by atoms with E-state index in [4.69, 9.17) is 4.74 Å². The van der Waals surface area contributed by atoms with Crippen LogP contribution in [0, 0.1) is 0 Å². The second-order valence-corrected chi connectivity index (χ2v) is 10.3. The summed E-state index contributed by atoms with van der Waals surface area (Å²) in [6.45, 7) is 8.47. The molecule has 0 bridgehead atoms. The molecule has 6 N–H and O–H groups in total. The molecule has 0 atom stereocenters. The lowest BCUT2D eigenvalue weighted by atomic mass is 10.2. The quantitative estimate of drug-likeness (QED) is 0.115. The van der Waals surface area contributed by atoms with Gasteiger partial charge in [0.25, 0.3) is 0 Å². The van der Waals surface area contributed by atoms with Crippen LogP contribution in [0.25, 0.3) is 22.3 Å². The summed E-state index contributed by atoms with van der Waals surface area (Å²) in [6.07, 6.45) is 4.28. The summed E-state index contributed by atoms with van der Waals surface area (Å²) in [6, 6.07) is 0. The first-order valence-electron chi connectivity index (χ1n) is 12.4. The zero-order chi connectivity index (χ0) is 28.4. The molecule has 4 rings (SSSR count). The average Bonchev–Trinajstić information content (AvgIpc) is 3.45. The maximum atomic E-state index is 11.8. The lowest BCUT2D eigenvalue weighted by Gasteiger charge is -2.24. The number of nitrogens with zero attached hydrogens (tertiary/aromatic N) is 6. The minimum Gasteiger partial charge on any atom is -0.444 e. The van der Waals surface area contributed by atoms with E-state index in [2.05, 4.69) is 71.8 Å². The highest BCUT2D eigenvalue weighted by atomic mass is 79.9. The summed E-state index contributed by atoms with van der Waals surface area (Å²) in [5.41, 5.74) is 1.66. The van der Waals surface area contributed by atoms with Gasteiger partial charge in [-0.3, -0.25) is 4.98 Å². The molecule has 4 heterocycles. The van der Waals surface area contributed by atoms with Gasteiger partial charge >= 0.3 is 11.8 Å². The smallest absolute Gasteiger partial charge is 0.410 e. The van der Waals surface area contributed by atoms with E-state index in [0.717, 1.165) is 30.8 Å². The second kappa shape index (κ2) is 13.8. The molecule has 0 fully saturated rings. The predicted molar refractivity (Wildman–Crippen MR) is 153 cm³/mol. The van der Waals surface area contributed by atoms with Crippen LogP contribution in [-0.2, 0) is 4.74 Å². The van der Waals surface area contributed by atoms with Gasteiger partial charge in [0.1, 0.15) is 29.3 Å². The zero-order valence-corrected chi connectivity index (χ0v) is 24.3. The number of fused-ring (bicyclic) bond motifs is 2. The molecule has 212 valence electrons. The van der Waals surface area contributed by atoms with Crippen molar-refractivity contribution in [1.82, 2.24) is 50.1 Å². The number of anilines is 2. The normalized spacial score (nSPS) is 11.2. The Morgan fingerprint density at radius 3 is 2.33 bits per heavy atom. The number of nitrogens with one attached hydrogen (secondary N) is 6. The minimum atomic E-state index is -0.504. The molecule has 0 saturated carbocycles. The molecule has 0 saturated heterocycles. The molecule has 4 aromatic rings. The van der Waals surface area contributed by atoms with Crippen LogP contribution in [0.2, 0.25) is 0 Å². The fourth-order valence-electron chi connectivity index (χ4n) is 3.35. The molecular formula is C23H35BrN12O3. The molecule has 15 nitrogen and oxygen atoms in total. The number of aromatic amines is 3. The first-order chi connectivity index (χ1) is 18.6. The summed E-state index contributed by atoms with van der Waals surface area (Å²) < 4.78 is 5.95. The molecule has 0 aliphatic carbocycles. The van der Waals surface area contributed by atoms with Gasteiger partial charge in [-0.05, 0) is 63.1 Å². The monoisotopic (exact) mass is 606 g/mol. The van der Waals surface area contributed by atoms with Crippen LogP contribution in [0.1, 0.15) is 33.6 Å². The van der Waals surface area contributed by atoms with Crippen molar-refractivity contribution in [3.8, 4) is 0 Å². The van der Waals surface area contributed by atoms with E-state index in [1.165, 1.54) is 17.6 Å². The van der Waals surface area contributed by atoms with Gasteiger partial charge in [-0.1, -0.05) is 0 Å². The molecule has 0 aromatic carbocycles. The Labute approximate surface area is 233 Å². The van der Waals surface area contributed by atoms with Crippen molar-refractivity contribution in [2.45, 2.75) is 39.2 Å². The Morgan fingerprint density at radius 1 is 0.974 bits per heavy atom. The van der Waals surface area contributed by atoms with Gasteiger partial charge < -0.3 is 35.6 Å². The van der Waals surface area contributed by atoms with Gasteiger partial charge in [0.2, 0.25) is 0 Å². The van der Waals surface area contributed by atoms with E-state index in [0.29, 0.717) is 46.9 Å². The van der Waals surface area contributed by atoms with E-state index in [1.54, 1.807) is 7.05 Å². The number of hydrogen-bond donors (Lipinski definition) is 6. The van der Waals surface area contributed by atoms with Gasteiger partial charge in [-0.25, -0.2) is 34.5 Å². The van der Waals surface area contributed by atoms with Gasteiger partial charge in [0.05, 0.1) is 0 Å². The molecule has 4 aromatic heterocycles. The van der Waals surface area contributed by atoms with Gasteiger partial charge in [0, 0.05) is 26.7 Å². The Balaban J connectivity index is 0.000000230. The van der Waals surface area contributed by atoms with Crippen molar-refractivity contribution in [2.75, 3.05) is 50.9 Å². The maximum absolute atomic E-state index is 11.8. The van der Waals surface area contributed by atoms with Crippen molar-refractivity contribution in [2.24, 2.45) is 0 Å². The third-order valence-electron chi connectivity index (χ3n) is 5.14. The molecule has 0 spiro atoms. The van der Waals surface area contributed by atoms with Crippen LogP contribution in [0.15, 0.2) is 22.2 Å². The summed E-state index contributed by atoms with van der Waals surface area (Å²) in [4.78, 5) is 53.4. The Morgan fingerprint density at radius 2 is 1.64 bits per heavy atom. The minimum absolute atomic E-state index is 0.326. The first kappa shape index (κ1) is 29.8. The standard InChI is InChI=1S/C14H22N6O3.C9H13BrN6/c1-14(2,3)23-13(22)20(4)7-5-6-15-10-9-11(17-8-16-10)19-12(21)18-9;1-11-3-2-4-12-7-6-8(14-5-13-7)16-9(10)15-6/h8H,5-7H2,1-4H3,(H3,15,16,17,18,19,21);5,11H,2-4H2,1H3,(H2,12,13,14,15,16). The fourth-order valence-corrected chi connectivity index (χ4v) is 3.71. The largest absolute Gasteiger partial charge is 0.444 e.